The fourth-order valence-corrected chi connectivity index (χ4v) is 3.45. The Bertz CT molecular complexity index is 859. The molecule has 142 valence electrons. The van der Waals surface area contributed by atoms with E-state index in [9.17, 15) is 9.59 Å². The number of hydrogen-bond acceptors (Lipinski definition) is 3. The minimum atomic E-state index is -0.538. The molecular formula is C21H25N3O3. The summed E-state index contributed by atoms with van der Waals surface area (Å²) in [5.74, 6) is 0.458. The van der Waals surface area contributed by atoms with Crippen molar-refractivity contribution in [2.75, 3.05) is 16.4 Å². The van der Waals surface area contributed by atoms with Crippen molar-refractivity contribution in [1.82, 2.24) is 0 Å². The molecule has 1 atom stereocenters. The van der Waals surface area contributed by atoms with Gasteiger partial charge in [-0.3, -0.25) is 14.6 Å². The zero-order valence-corrected chi connectivity index (χ0v) is 16.1. The van der Waals surface area contributed by atoms with Gasteiger partial charge in [0.25, 0.3) is 5.91 Å². The third-order valence-corrected chi connectivity index (χ3v) is 4.64. The molecule has 1 heterocycles. The van der Waals surface area contributed by atoms with Gasteiger partial charge < -0.3 is 10.5 Å². The molecule has 2 aromatic rings. The van der Waals surface area contributed by atoms with Crippen molar-refractivity contribution in [3.05, 3.63) is 54.1 Å². The third kappa shape index (κ3) is 3.60. The highest BCUT2D eigenvalue weighted by atomic mass is 16.5. The molecule has 27 heavy (non-hydrogen) atoms. The Morgan fingerprint density at radius 1 is 1.19 bits per heavy atom. The van der Waals surface area contributed by atoms with E-state index < -0.39 is 11.6 Å². The lowest BCUT2D eigenvalue weighted by Crippen LogP contribution is -2.49. The van der Waals surface area contributed by atoms with E-state index in [1.165, 1.54) is 4.90 Å². The smallest absolute Gasteiger partial charge is 0.319 e. The second kappa shape index (κ2) is 6.95. The van der Waals surface area contributed by atoms with Gasteiger partial charge in [0.2, 0.25) is 0 Å². The highest BCUT2D eigenvalue weighted by Gasteiger charge is 2.32. The van der Waals surface area contributed by atoms with E-state index in [1.807, 2.05) is 64.1 Å². The first-order chi connectivity index (χ1) is 12.7. The molecule has 6 heteroatoms. The second-order valence-corrected chi connectivity index (χ2v) is 7.64. The Kier molecular flexibility index (Phi) is 4.83. The van der Waals surface area contributed by atoms with Crippen molar-refractivity contribution in [3.63, 3.8) is 0 Å². The number of urea groups is 1. The molecule has 0 unspecified atom stereocenters. The molecule has 6 nitrogen and oxygen atoms in total. The number of nitrogens with two attached hydrogens (primary N) is 1. The first-order valence-corrected chi connectivity index (χ1v) is 8.93. The van der Waals surface area contributed by atoms with E-state index in [2.05, 4.69) is 0 Å². The molecule has 0 saturated heterocycles. The monoisotopic (exact) mass is 367 g/mol. The summed E-state index contributed by atoms with van der Waals surface area (Å²) in [7, 11) is 0. The van der Waals surface area contributed by atoms with Crippen molar-refractivity contribution in [2.45, 2.75) is 39.3 Å². The molecule has 0 spiro atoms. The standard InChI is InChI=1S/C21H25N3O3/c1-14(15-8-6-5-7-9-15)23-17-11-10-16(12-18(17)27-13-19(23)25)24(20(22)26)21(2,3)4/h5-12,14H,13H2,1-4H3,(H2,22,26)/t14-/m1/s1. The van der Waals surface area contributed by atoms with Crippen LogP contribution in [0.15, 0.2) is 48.5 Å². The van der Waals surface area contributed by atoms with Gasteiger partial charge in [0.05, 0.1) is 11.7 Å². The molecule has 0 radical (unpaired) electrons. The molecule has 1 aliphatic heterocycles. The lowest BCUT2D eigenvalue weighted by molar-refractivity contribution is -0.121. The Morgan fingerprint density at radius 3 is 2.44 bits per heavy atom. The molecule has 1 aliphatic rings. The van der Waals surface area contributed by atoms with Crippen molar-refractivity contribution < 1.29 is 14.3 Å². The maximum Gasteiger partial charge on any atom is 0.319 e. The van der Waals surface area contributed by atoms with E-state index in [-0.39, 0.29) is 18.6 Å². The van der Waals surface area contributed by atoms with Gasteiger partial charge in [0, 0.05) is 17.3 Å². The van der Waals surface area contributed by atoms with Crippen LogP contribution in [0.3, 0.4) is 0 Å². The molecule has 3 amide bonds. The summed E-state index contributed by atoms with van der Waals surface area (Å²) in [5, 5.41) is 0. The summed E-state index contributed by atoms with van der Waals surface area (Å²) in [4.78, 5) is 27.8. The summed E-state index contributed by atoms with van der Waals surface area (Å²) in [6, 6.07) is 14.5. The van der Waals surface area contributed by atoms with Gasteiger partial charge in [-0.25, -0.2) is 4.79 Å². The molecule has 2 aromatic carbocycles. The Labute approximate surface area is 159 Å². The number of amides is 3. The third-order valence-electron chi connectivity index (χ3n) is 4.64. The van der Waals surface area contributed by atoms with Gasteiger partial charge in [0.15, 0.2) is 6.61 Å². The quantitative estimate of drug-likeness (QED) is 0.895. The lowest BCUT2D eigenvalue weighted by Gasteiger charge is -2.37. The van der Waals surface area contributed by atoms with Gasteiger partial charge >= 0.3 is 6.03 Å². The average Bonchev–Trinajstić information content (AvgIpc) is 2.60. The molecule has 0 fully saturated rings. The van der Waals surface area contributed by atoms with Crippen LogP contribution in [0, 0.1) is 0 Å². The summed E-state index contributed by atoms with van der Waals surface area (Å²) in [5.41, 5.74) is 7.46. The van der Waals surface area contributed by atoms with Crippen LogP contribution in [-0.4, -0.2) is 24.1 Å². The molecular weight excluding hydrogens is 342 g/mol. The van der Waals surface area contributed by atoms with Gasteiger partial charge in [-0.2, -0.15) is 0 Å². The van der Waals surface area contributed by atoms with Crippen molar-refractivity contribution in [3.8, 4) is 5.75 Å². The maximum absolute atomic E-state index is 12.6. The number of ether oxygens (including phenoxy) is 1. The van der Waals surface area contributed by atoms with E-state index in [1.54, 1.807) is 17.0 Å². The van der Waals surface area contributed by atoms with Crippen LogP contribution in [-0.2, 0) is 4.79 Å². The second-order valence-electron chi connectivity index (χ2n) is 7.64. The number of anilines is 2. The average molecular weight is 367 g/mol. The lowest BCUT2D eigenvalue weighted by atomic mass is 10.0. The minimum Gasteiger partial charge on any atom is -0.481 e. The summed E-state index contributed by atoms with van der Waals surface area (Å²) in [6.07, 6.45) is 0. The van der Waals surface area contributed by atoms with Crippen LogP contribution in [0.5, 0.6) is 5.75 Å². The van der Waals surface area contributed by atoms with E-state index in [0.29, 0.717) is 17.1 Å². The van der Waals surface area contributed by atoms with Crippen molar-refractivity contribution in [1.29, 1.82) is 0 Å². The maximum atomic E-state index is 12.6. The van der Waals surface area contributed by atoms with E-state index in [0.717, 1.165) is 5.56 Å². The SMILES string of the molecule is C[C@H](c1ccccc1)N1C(=O)COc2cc(N(C(N)=O)C(C)(C)C)ccc21. The zero-order valence-electron chi connectivity index (χ0n) is 16.1. The number of carbonyl (C=O) groups excluding carboxylic acids is 2. The van der Waals surface area contributed by atoms with Gasteiger partial charge in [-0.05, 0) is 45.4 Å². The first kappa shape index (κ1) is 18.8. The van der Waals surface area contributed by atoms with Crippen LogP contribution < -0.4 is 20.3 Å². The Morgan fingerprint density at radius 2 is 1.85 bits per heavy atom. The number of carbonyl (C=O) groups is 2. The number of primary amides is 1. The Hall–Kier alpha value is -3.02. The molecule has 2 N–H and O–H groups in total. The van der Waals surface area contributed by atoms with Crippen LogP contribution in [0.4, 0.5) is 16.2 Å². The summed E-state index contributed by atoms with van der Waals surface area (Å²) in [6.45, 7) is 7.67. The van der Waals surface area contributed by atoms with Crippen molar-refractivity contribution >= 4 is 23.3 Å². The molecule has 0 bridgehead atoms. The predicted molar refractivity (Wildman–Crippen MR) is 106 cm³/mol. The number of hydrogen-bond donors (Lipinski definition) is 1. The number of nitrogens with zero attached hydrogens (tertiary/aromatic N) is 2. The predicted octanol–water partition coefficient (Wildman–Crippen LogP) is 3.86. The highest BCUT2D eigenvalue weighted by molar-refractivity contribution is 6.00. The molecule has 0 saturated carbocycles. The van der Waals surface area contributed by atoms with Crippen molar-refractivity contribution in [2.24, 2.45) is 5.73 Å². The summed E-state index contributed by atoms with van der Waals surface area (Å²) >= 11 is 0. The zero-order chi connectivity index (χ0) is 19.8. The van der Waals surface area contributed by atoms with Crippen LogP contribution in [0.2, 0.25) is 0 Å². The number of rotatable bonds is 3. The van der Waals surface area contributed by atoms with E-state index >= 15 is 0 Å². The van der Waals surface area contributed by atoms with Crippen LogP contribution in [0.1, 0.15) is 39.3 Å². The number of fused-ring (bicyclic) bond motifs is 1. The fourth-order valence-electron chi connectivity index (χ4n) is 3.45. The first-order valence-electron chi connectivity index (χ1n) is 8.93. The molecule has 3 rings (SSSR count). The topological polar surface area (TPSA) is 75.9 Å². The molecule has 0 aliphatic carbocycles. The van der Waals surface area contributed by atoms with Crippen LogP contribution in [0.25, 0.3) is 0 Å². The Balaban J connectivity index is 2.02. The largest absolute Gasteiger partial charge is 0.481 e. The molecule has 0 aromatic heterocycles. The minimum absolute atomic E-state index is 0.0419. The van der Waals surface area contributed by atoms with Gasteiger partial charge in [-0.15, -0.1) is 0 Å². The fraction of sp³-hybridized carbons (Fsp3) is 0.333. The summed E-state index contributed by atoms with van der Waals surface area (Å²) < 4.78 is 5.67. The van der Waals surface area contributed by atoms with Crippen LogP contribution >= 0.6 is 0 Å². The van der Waals surface area contributed by atoms with Gasteiger partial charge in [-0.1, -0.05) is 30.3 Å². The van der Waals surface area contributed by atoms with Gasteiger partial charge in [0.1, 0.15) is 5.75 Å². The number of benzene rings is 2. The highest BCUT2D eigenvalue weighted by Crippen LogP contribution is 2.40. The normalized spacial score (nSPS) is 15.0. The van der Waals surface area contributed by atoms with E-state index in [4.69, 9.17) is 10.5 Å².